The first-order chi connectivity index (χ1) is 7.74. The van der Waals surface area contributed by atoms with E-state index >= 15 is 0 Å². The smallest absolute Gasteiger partial charge is 0.0510 e. The van der Waals surface area contributed by atoms with Crippen LogP contribution in [-0.4, -0.2) is 13.1 Å². The quantitative estimate of drug-likeness (QED) is 0.923. The Morgan fingerprint density at radius 1 is 1.50 bits per heavy atom. The highest BCUT2D eigenvalue weighted by molar-refractivity contribution is 9.10. The average molecular weight is 283 g/mol. The van der Waals surface area contributed by atoms with Crippen molar-refractivity contribution in [2.45, 2.75) is 26.3 Å². The lowest BCUT2D eigenvalue weighted by Gasteiger charge is -2.20. The van der Waals surface area contributed by atoms with E-state index < -0.39 is 0 Å². The SMILES string of the molecule is CCC1CCN(c2ccc(CN)cc2Br)C1. The predicted octanol–water partition coefficient (Wildman–Crippen LogP) is 3.14. The van der Waals surface area contributed by atoms with Gasteiger partial charge in [0.05, 0.1) is 5.69 Å². The van der Waals surface area contributed by atoms with E-state index in [-0.39, 0.29) is 0 Å². The zero-order valence-corrected chi connectivity index (χ0v) is 11.3. The van der Waals surface area contributed by atoms with Gasteiger partial charge in [0.25, 0.3) is 0 Å². The zero-order chi connectivity index (χ0) is 11.5. The molecule has 2 nitrogen and oxygen atoms in total. The molecule has 0 spiro atoms. The molecule has 88 valence electrons. The summed E-state index contributed by atoms with van der Waals surface area (Å²) in [5.41, 5.74) is 8.13. The summed E-state index contributed by atoms with van der Waals surface area (Å²) in [6.45, 7) is 5.26. The van der Waals surface area contributed by atoms with Gasteiger partial charge in [0.1, 0.15) is 0 Å². The Labute approximate surface area is 106 Å². The van der Waals surface area contributed by atoms with Crippen molar-refractivity contribution in [3.63, 3.8) is 0 Å². The van der Waals surface area contributed by atoms with Gasteiger partial charge in [0, 0.05) is 24.1 Å². The Balaban J connectivity index is 2.15. The molecule has 1 heterocycles. The molecule has 16 heavy (non-hydrogen) atoms. The largest absolute Gasteiger partial charge is 0.370 e. The molecule has 3 heteroatoms. The van der Waals surface area contributed by atoms with Gasteiger partial charge in [0.2, 0.25) is 0 Å². The first-order valence-corrected chi connectivity index (χ1v) is 6.77. The third-order valence-corrected chi connectivity index (χ3v) is 4.09. The Kier molecular flexibility index (Phi) is 3.87. The summed E-state index contributed by atoms with van der Waals surface area (Å²) in [5.74, 6) is 0.862. The number of hydrogen-bond acceptors (Lipinski definition) is 2. The van der Waals surface area contributed by atoms with E-state index in [1.54, 1.807) is 0 Å². The van der Waals surface area contributed by atoms with Crippen LogP contribution >= 0.6 is 15.9 Å². The number of anilines is 1. The topological polar surface area (TPSA) is 29.3 Å². The molecule has 1 saturated heterocycles. The number of hydrogen-bond donors (Lipinski definition) is 1. The van der Waals surface area contributed by atoms with Crippen molar-refractivity contribution < 1.29 is 0 Å². The molecule has 1 aliphatic heterocycles. The molecule has 0 aliphatic carbocycles. The molecule has 0 saturated carbocycles. The fourth-order valence-electron chi connectivity index (χ4n) is 2.32. The number of rotatable bonds is 3. The molecule has 0 radical (unpaired) electrons. The molecule has 1 aliphatic rings. The molecule has 0 bridgehead atoms. The van der Waals surface area contributed by atoms with Crippen molar-refractivity contribution >= 4 is 21.6 Å². The van der Waals surface area contributed by atoms with Crippen molar-refractivity contribution in [3.8, 4) is 0 Å². The van der Waals surface area contributed by atoms with Crippen LogP contribution in [-0.2, 0) is 6.54 Å². The maximum atomic E-state index is 5.63. The van der Waals surface area contributed by atoms with E-state index in [2.05, 4.69) is 46.0 Å². The van der Waals surface area contributed by atoms with Gasteiger partial charge in [-0.3, -0.25) is 0 Å². The summed E-state index contributed by atoms with van der Waals surface area (Å²) in [7, 11) is 0. The second-order valence-electron chi connectivity index (χ2n) is 4.50. The van der Waals surface area contributed by atoms with Crippen molar-refractivity contribution in [1.82, 2.24) is 0 Å². The number of halogens is 1. The average Bonchev–Trinajstić information content (AvgIpc) is 2.77. The highest BCUT2D eigenvalue weighted by Crippen LogP contribution is 2.32. The highest BCUT2D eigenvalue weighted by Gasteiger charge is 2.22. The Morgan fingerprint density at radius 3 is 2.88 bits per heavy atom. The lowest BCUT2D eigenvalue weighted by molar-refractivity contribution is 0.569. The van der Waals surface area contributed by atoms with Gasteiger partial charge in [-0.2, -0.15) is 0 Å². The van der Waals surface area contributed by atoms with Crippen LogP contribution in [0.1, 0.15) is 25.3 Å². The van der Waals surface area contributed by atoms with Crippen LogP contribution in [0, 0.1) is 5.92 Å². The molecular weight excluding hydrogens is 264 g/mol. The van der Waals surface area contributed by atoms with Crippen LogP contribution < -0.4 is 10.6 Å². The fourth-order valence-corrected chi connectivity index (χ4v) is 3.00. The molecule has 1 atom stereocenters. The molecule has 2 rings (SSSR count). The first kappa shape index (κ1) is 11.9. The van der Waals surface area contributed by atoms with E-state index in [1.165, 1.54) is 41.7 Å². The Bertz CT molecular complexity index is 365. The summed E-state index contributed by atoms with van der Waals surface area (Å²) in [6.07, 6.45) is 2.61. The molecule has 0 aromatic heterocycles. The van der Waals surface area contributed by atoms with E-state index in [4.69, 9.17) is 5.73 Å². The van der Waals surface area contributed by atoms with Gasteiger partial charge < -0.3 is 10.6 Å². The van der Waals surface area contributed by atoms with Crippen molar-refractivity contribution in [2.75, 3.05) is 18.0 Å². The third-order valence-electron chi connectivity index (χ3n) is 3.45. The molecule has 1 fully saturated rings. The minimum Gasteiger partial charge on any atom is -0.370 e. The van der Waals surface area contributed by atoms with E-state index in [9.17, 15) is 0 Å². The second kappa shape index (κ2) is 5.19. The molecular formula is C13H19BrN2. The van der Waals surface area contributed by atoms with Gasteiger partial charge in [0.15, 0.2) is 0 Å². The Hall–Kier alpha value is -0.540. The summed E-state index contributed by atoms with van der Waals surface area (Å²) < 4.78 is 1.17. The molecule has 1 aromatic carbocycles. The second-order valence-corrected chi connectivity index (χ2v) is 5.35. The third kappa shape index (κ3) is 2.41. The number of nitrogens with two attached hydrogens (primary N) is 1. The minimum atomic E-state index is 0.608. The van der Waals surface area contributed by atoms with Crippen molar-refractivity contribution in [2.24, 2.45) is 11.7 Å². The van der Waals surface area contributed by atoms with Gasteiger partial charge in [-0.05, 0) is 46.0 Å². The number of nitrogens with zero attached hydrogens (tertiary/aromatic N) is 1. The van der Waals surface area contributed by atoms with Crippen LogP contribution in [0.15, 0.2) is 22.7 Å². The maximum Gasteiger partial charge on any atom is 0.0510 e. The summed E-state index contributed by atoms with van der Waals surface area (Å²) in [6, 6.07) is 6.44. The van der Waals surface area contributed by atoms with Crippen LogP contribution in [0.4, 0.5) is 5.69 Å². The Morgan fingerprint density at radius 2 is 2.31 bits per heavy atom. The fraction of sp³-hybridized carbons (Fsp3) is 0.538. The van der Waals surface area contributed by atoms with E-state index in [1.807, 2.05) is 0 Å². The normalized spacial score (nSPS) is 20.4. The van der Waals surface area contributed by atoms with Crippen LogP contribution in [0.25, 0.3) is 0 Å². The van der Waals surface area contributed by atoms with Crippen molar-refractivity contribution in [1.29, 1.82) is 0 Å². The highest BCUT2D eigenvalue weighted by atomic mass is 79.9. The summed E-state index contributed by atoms with van der Waals surface area (Å²) >= 11 is 3.64. The van der Waals surface area contributed by atoms with E-state index in [0.717, 1.165) is 5.92 Å². The maximum absolute atomic E-state index is 5.63. The zero-order valence-electron chi connectivity index (χ0n) is 9.75. The van der Waals surface area contributed by atoms with Crippen LogP contribution in [0.5, 0.6) is 0 Å². The molecule has 1 aromatic rings. The summed E-state index contributed by atoms with van der Waals surface area (Å²) in [4.78, 5) is 2.47. The monoisotopic (exact) mass is 282 g/mol. The molecule has 2 N–H and O–H groups in total. The number of benzene rings is 1. The van der Waals surface area contributed by atoms with Gasteiger partial charge in [-0.25, -0.2) is 0 Å². The van der Waals surface area contributed by atoms with Gasteiger partial charge in [-0.1, -0.05) is 19.4 Å². The van der Waals surface area contributed by atoms with Crippen LogP contribution in [0.3, 0.4) is 0 Å². The van der Waals surface area contributed by atoms with Crippen molar-refractivity contribution in [3.05, 3.63) is 28.2 Å². The standard InChI is InChI=1S/C13H19BrN2/c1-2-10-5-6-16(9-10)13-4-3-11(8-15)7-12(13)14/h3-4,7,10H,2,5-6,8-9,15H2,1H3. The first-order valence-electron chi connectivity index (χ1n) is 5.98. The molecule has 1 unspecified atom stereocenters. The predicted molar refractivity (Wildman–Crippen MR) is 72.6 cm³/mol. The van der Waals surface area contributed by atoms with Crippen LogP contribution in [0.2, 0.25) is 0 Å². The lowest BCUT2D eigenvalue weighted by atomic mass is 10.1. The van der Waals surface area contributed by atoms with E-state index in [0.29, 0.717) is 6.54 Å². The summed E-state index contributed by atoms with van der Waals surface area (Å²) in [5, 5.41) is 0. The minimum absolute atomic E-state index is 0.608. The lowest BCUT2D eigenvalue weighted by Crippen LogP contribution is -2.20. The molecule has 0 amide bonds. The van der Waals surface area contributed by atoms with Gasteiger partial charge >= 0.3 is 0 Å². The van der Waals surface area contributed by atoms with Gasteiger partial charge in [-0.15, -0.1) is 0 Å².